The van der Waals surface area contributed by atoms with E-state index < -0.39 is 0 Å². The second kappa shape index (κ2) is 10.0. The molecule has 0 atom stereocenters. The van der Waals surface area contributed by atoms with Crippen molar-refractivity contribution in [1.82, 2.24) is 14.7 Å². The zero-order valence-corrected chi connectivity index (χ0v) is 16.9. The van der Waals surface area contributed by atoms with Gasteiger partial charge in [-0.05, 0) is 42.3 Å². The smallest absolute Gasteiger partial charge is 0.248 e. The lowest BCUT2D eigenvalue weighted by Gasteiger charge is -2.26. The van der Waals surface area contributed by atoms with Crippen molar-refractivity contribution in [2.45, 2.75) is 6.42 Å². The van der Waals surface area contributed by atoms with Crippen LogP contribution >= 0.6 is 0 Å². The van der Waals surface area contributed by atoms with Crippen molar-refractivity contribution in [3.63, 3.8) is 0 Å². The summed E-state index contributed by atoms with van der Waals surface area (Å²) in [4.78, 5) is 14.7. The van der Waals surface area contributed by atoms with Crippen LogP contribution in [0.2, 0.25) is 0 Å². The predicted octanol–water partition coefficient (Wildman–Crippen LogP) is 3.40. The maximum atomic E-state index is 12.2. The molecule has 1 aromatic heterocycles. The van der Waals surface area contributed by atoms with Crippen LogP contribution in [0.25, 0.3) is 11.8 Å². The largest absolute Gasteiger partial charge is 0.379 e. The molecule has 1 amide bonds. The van der Waals surface area contributed by atoms with Crippen LogP contribution in [0.3, 0.4) is 0 Å². The number of ether oxygens (including phenoxy) is 1. The van der Waals surface area contributed by atoms with Crippen molar-refractivity contribution < 1.29 is 9.53 Å². The summed E-state index contributed by atoms with van der Waals surface area (Å²) in [7, 11) is 0. The van der Waals surface area contributed by atoms with Crippen LogP contribution < -0.4 is 5.32 Å². The molecule has 2 aromatic carbocycles. The molecule has 1 fully saturated rings. The standard InChI is InChI=1S/C24H26N4O2/c29-24(11-8-21-18-25-28(19-21)23-4-2-1-3-5-23)26-22-9-6-20(7-10-22)12-13-27-14-16-30-17-15-27/h1-11,18-19H,12-17H2,(H,26,29)/b11-8+. The average Bonchev–Trinajstić information content (AvgIpc) is 3.28. The number of nitrogens with one attached hydrogen (secondary N) is 1. The number of hydrogen-bond acceptors (Lipinski definition) is 4. The molecule has 1 N–H and O–H groups in total. The molecule has 0 radical (unpaired) electrons. The number of morpholine rings is 1. The van der Waals surface area contributed by atoms with Gasteiger partial charge in [0.15, 0.2) is 0 Å². The van der Waals surface area contributed by atoms with Gasteiger partial charge in [-0.1, -0.05) is 30.3 Å². The molecule has 0 bridgehead atoms. The fourth-order valence-corrected chi connectivity index (χ4v) is 3.37. The van der Waals surface area contributed by atoms with Gasteiger partial charge >= 0.3 is 0 Å². The quantitative estimate of drug-likeness (QED) is 0.616. The Labute approximate surface area is 176 Å². The van der Waals surface area contributed by atoms with Gasteiger partial charge in [-0.15, -0.1) is 0 Å². The van der Waals surface area contributed by atoms with E-state index in [1.165, 1.54) is 11.6 Å². The van der Waals surface area contributed by atoms with Crippen LogP contribution in [-0.2, 0) is 16.0 Å². The van der Waals surface area contributed by atoms with Gasteiger partial charge in [0.05, 0.1) is 25.1 Å². The van der Waals surface area contributed by atoms with Crippen LogP contribution in [0.4, 0.5) is 5.69 Å². The Morgan fingerprint density at radius 2 is 1.83 bits per heavy atom. The van der Waals surface area contributed by atoms with Gasteiger partial charge in [0, 0.05) is 43.2 Å². The van der Waals surface area contributed by atoms with Crippen molar-refractivity contribution in [2.24, 2.45) is 0 Å². The molecule has 3 aromatic rings. The fraction of sp³-hybridized carbons (Fsp3) is 0.250. The van der Waals surface area contributed by atoms with Gasteiger partial charge in [-0.25, -0.2) is 4.68 Å². The first kappa shape index (κ1) is 20.1. The normalized spacial score (nSPS) is 14.8. The van der Waals surface area contributed by atoms with Crippen LogP contribution in [0.1, 0.15) is 11.1 Å². The zero-order valence-electron chi connectivity index (χ0n) is 16.9. The van der Waals surface area contributed by atoms with Gasteiger partial charge < -0.3 is 10.1 Å². The lowest BCUT2D eigenvalue weighted by atomic mass is 10.1. The van der Waals surface area contributed by atoms with E-state index in [1.807, 2.05) is 48.7 Å². The van der Waals surface area contributed by atoms with Crippen LogP contribution in [0, 0.1) is 0 Å². The van der Waals surface area contributed by atoms with Crippen molar-refractivity contribution >= 4 is 17.7 Å². The third-order valence-corrected chi connectivity index (χ3v) is 5.09. The summed E-state index contributed by atoms with van der Waals surface area (Å²) in [5.41, 5.74) is 3.91. The Morgan fingerprint density at radius 1 is 1.07 bits per heavy atom. The highest BCUT2D eigenvalue weighted by molar-refractivity contribution is 6.01. The lowest BCUT2D eigenvalue weighted by Crippen LogP contribution is -2.37. The van der Waals surface area contributed by atoms with E-state index in [4.69, 9.17) is 4.74 Å². The van der Waals surface area contributed by atoms with Gasteiger partial charge in [-0.3, -0.25) is 9.69 Å². The first-order chi connectivity index (χ1) is 14.8. The molecule has 6 heteroatoms. The van der Waals surface area contributed by atoms with Gasteiger partial charge in [0.2, 0.25) is 5.91 Å². The summed E-state index contributed by atoms with van der Waals surface area (Å²) < 4.78 is 7.17. The number of carbonyl (C=O) groups is 1. The number of nitrogens with zero attached hydrogens (tertiary/aromatic N) is 3. The number of anilines is 1. The summed E-state index contributed by atoms with van der Waals surface area (Å²) in [5, 5.41) is 7.24. The molecule has 154 valence electrons. The molecular weight excluding hydrogens is 376 g/mol. The minimum absolute atomic E-state index is 0.163. The van der Waals surface area contributed by atoms with Crippen molar-refractivity contribution in [3.05, 3.63) is 84.2 Å². The predicted molar refractivity (Wildman–Crippen MR) is 119 cm³/mol. The van der Waals surface area contributed by atoms with E-state index in [9.17, 15) is 4.79 Å². The molecule has 1 aliphatic heterocycles. The maximum Gasteiger partial charge on any atom is 0.248 e. The fourth-order valence-electron chi connectivity index (χ4n) is 3.37. The Morgan fingerprint density at radius 3 is 2.60 bits per heavy atom. The molecule has 1 aliphatic rings. The second-order valence-corrected chi connectivity index (χ2v) is 7.28. The summed E-state index contributed by atoms with van der Waals surface area (Å²) in [5.74, 6) is -0.163. The Hall–Kier alpha value is -3.22. The summed E-state index contributed by atoms with van der Waals surface area (Å²) >= 11 is 0. The highest BCUT2D eigenvalue weighted by Gasteiger charge is 2.09. The second-order valence-electron chi connectivity index (χ2n) is 7.28. The monoisotopic (exact) mass is 402 g/mol. The zero-order chi connectivity index (χ0) is 20.6. The average molecular weight is 402 g/mol. The lowest BCUT2D eigenvalue weighted by molar-refractivity contribution is -0.111. The molecule has 1 saturated heterocycles. The number of carbonyl (C=O) groups excluding carboxylic acids is 1. The van der Waals surface area contributed by atoms with Gasteiger partial charge in [0.1, 0.15) is 0 Å². The Bertz CT molecular complexity index is 974. The molecule has 0 spiro atoms. The van der Waals surface area contributed by atoms with E-state index in [-0.39, 0.29) is 5.91 Å². The number of hydrogen-bond donors (Lipinski definition) is 1. The summed E-state index contributed by atoms with van der Waals surface area (Å²) in [6, 6.07) is 17.9. The number of aromatic nitrogens is 2. The number of rotatable bonds is 7. The molecular formula is C24H26N4O2. The summed E-state index contributed by atoms with van der Waals surface area (Å²) in [6.45, 7) is 4.70. The molecule has 2 heterocycles. The maximum absolute atomic E-state index is 12.2. The van der Waals surface area contributed by atoms with Crippen molar-refractivity contribution in [3.8, 4) is 5.69 Å². The summed E-state index contributed by atoms with van der Waals surface area (Å²) in [6.07, 6.45) is 7.92. The van der Waals surface area contributed by atoms with E-state index in [0.717, 1.165) is 56.2 Å². The van der Waals surface area contributed by atoms with Crippen LogP contribution in [-0.4, -0.2) is 53.4 Å². The molecule has 30 heavy (non-hydrogen) atoms. The highest BCUT2D eigenvalue weighted by Crippen LogP contribution is 2.12. The van der Waals surface area contributed by atoms with Crippen molar-refractivity contribution in [1.29, 1.82) is 0 Å². The highest BCUT2D eigenvalue weighted by atomic mass is 16.5. The molecule has 0 saturated carbocycles. The Balaban J connectivity index is 1.27. The van der Waals surface area contributed by atoms with E-state index in [1.54, 1.807) is 17.0 Å². The SMILES string of the molecule is O=C(/C=C/c1cnn(-c2ccccc2)c1)Nc1ccc(CCN2CCOCC2)cc1. The van der Waals surface area contributed by atoms with Crippen molar-refractivity contribution in [2.75, 3.05) is 38.2 Å². The molecule has 4 rings (SSSR count). The van der Waals surface area contributed by atoms with Crippen LogP contribution in [0.15, 0.2) is 73.1 Å². The Kier molecular flexibility index (Phi) is 6.69. The van der Waals surface area contributed by atoms with Gasteiger partial charge in [0.25, 0.3) is 0 Å². The topological polar surface area (TPSA) is 59.4 Å². The van der Waals surface area contributed by atoms with Gasteiger partial charge in [-0.2, -0.15) is 5.10 Å². The number of para-hydroxylation sites is 1. The molecule has 6 nitrogen and oxygen atoms in total. The third kappa shape index (κ3) is 5.65. The number of amides is 1. The number of benzene rings is 2. The minimum atomic E-state index is -0.163. The molecule has 0 unspecified atom stereocenters. The van der Waals surface area contributed by atoms with E-state index in [0.29, 0.717) is 0 Å². The minimum Gasteiger partial charge on any atom is -0.379 e. The first-order valence-electron chi connectivity index (χ1n) is 10.2. The van der Waals surface area contributed by atoms with E-state index in [2.05, 4.69) is 27.4 Å². The third-order valence-electron chi connectivity index (χ3n) is 5.09. The molecule has 0 aliphatic carbocycles. The van der Waals surface area contributed by atoms with Crippen LogP contribution in [0.5, 0.6) is 0 Å². The van der Waals surface area contributed by atoms with E-state index >= 15 is 0 Å². The first-order valence-corrected chi connectivity index (χ1v) is 10.2.